The van der Waals surface area contributed by atoms with Crippen molar-refractivity contribution in [3.05, 3.63) is 45.8 Å². The summed E-state index contributed by atoms with van der Waals surface area (Å²) in [6, 6.07) is 8.64. The predicted octanol–water partition coefficient (Wildman–Crippen LogP) is 3.97. The first kappa shape index (κ1) is 25.7. The lowest BCUT2D eigenvalue weighted by atomic mass is 10.0. The first-order chi connectivity index (χ1) is 15.8. The molecule has 1 aliphatic heterocycles. The van der Waals surface area contributed by atoms with Crippen molar-refractivity contribution in [2.75, 3.05) is 44.7 Å². The number of anilines is 1. The maximum absolute atomic E-state index is 13.3. The number of hydrogen-bond donors (Lipinski definition) is 0. The van der Waals surface area contributed by atoms with Crippen molar-refractivity contribution < 1.29 is 17.9 Å². The normalized spacial score (nSPS) is 14.4. The molecule has 1 aromatic carbocycles. The lowest BCUT2D eigenvalue weighted by molar-refractivity contribution is 0.0595. The van der Waals surface area contributed by atoms with Gasteiger partial charge in [0.15, 0.2) is 0 Å². The van der Waals surface area contributed by atoms with Crippen LogP contribution in [0.25, 0.3) is 0 Å². The Morgan fingerprint density at radius 3 is 2.24 bits per heavy atom. The van der Waals surface area contributed by atoms with Crippen LogP contribution in [0.3, 0.4) is 0 Å². The molecule has 7 nitrogen and oxygen atoms in total. The molecule has 9 heteroatoms. The average molecular weight is 494 g/mol. The highest BCUT2D eigenvalue weighted by Gasteiger charge is 2.36. The Balaban J connectivity index is 1.86. The molecule has 33 heavy (non-hydrogen) atoms. The third-order valence-corrected chi connectivity index (χ3v) is 10.0. The maximum atomic E-state index is 13.3. The van der Waals surface area contributed by atoms with Gasteiger partial charge in [0.25, 0.3) is 10.0 Å². The second-order valence-corrected chi connectivity index (χ2v) is 11.3. The zero-order chi connectivity index (χ0) is 24.2. The van der Waals surface area contributed by atoms with Crippen LogP contribution in [0, 0.1) is 0 Å². The summed E-state index contributed by atoms with van der Waals surface area (Å²) >= 11 is 1.22. The minimum Gasteiger partial charge on any atom is -0.465 e. The van der Waals surface area contributed by atoms with Crippen molar-refractivity contribution in [2.24, 2.45) is 0 Å². The molecule has 0 N–H and O–H groups in total. The molecule has 2 heterocycles. The number of thiophene rings is 1. The van der Waals surface area contributed by atoms with Gasteiger partial charge in [-0.3, -0.25) is 4.90 Å². The summed E-state index contributed by atoms with van der Waals surface area (Å²) in [5, 5.41) is 0. The monoisotopic (exact) mass is 493 g/mol. The van der Waals surface area contributed by atoms with E-state index in [9.17, 15) is 13.2 Å². The number of ether oxygens (including phenoxy) is 1. The van der Waals surface area contributed by atoms with Crippen LogP contribution in [0.4, 0.5) is 5.69 Å². The number of fused-ring (bicyclic) bond motifs is 1. The lowest BCUT2D eigenvalue weighted by Crippen LogP contribution is -2.31. The molecule has 182 valence electrons. The molecule has 0 fully saturated rings. The van der Waals surface area contributed by atoms with Crippen LogP contribution in [-0.4, -0.2) is 63.4 Å². The van der Waals surface area contributed by atoms with E-state index in [0.717, 1.165) is 36.6 Å². The fraction of sp³-hybridized carbons (Fsp3) is 0.542. The Morgan fingerprint density at radius 1 is 1.06 bits per heavy atom. The molecule has 1 aromatic heterocycles. The third-order valence-electron chi connectivity index (χ3n) is 6.24. The molecule has 0 aliphatic carbocycles. The second kappa shape index (κ2) is 11.0. The second-order valence-electron chi connectivity index (χ2n) is 8.05. The number of carbonyl (C=O) groups is 1. The van der Waals surface area contributed by atoms with Gasteiger partial charge in [0.05, 0.1) is 12.7 Å². The average Bonchev–Trinajstić information content (AvgIpc) is 3.21. The summed E-state index contributed by atoms with van der Waals surface area (Å²) in [5.74, 6) is -0.571. The summed E-state index contributed by atoms with van der Waals surface area (Å²) in [4.78, 5) is 18.2. The molecule has 0 spiro atoms. The lowest BCUT2D eigenvalue weighted by Gasteiger charge is -2.27. The fourth-order valence-corrected chi connectivity index (χ4v) is 7.92. The van der Waals surface area contributed by atoms with Crippen molar-refractivity contribution in [1.82, 2.24) is 9.21 Å². The molecule has 0 bridgehead atoms. The summed E-state index contributed by atoms with van der Waals surface area (Å²) < 4.78 is 33.0. The molecule has 0 amide bonds. The number of methoxy groups -OCH3 is 1. The van der Waals surface area contributed by atoms with E-state index >= 15 is 0 Å². The Kier molecular flexibility index (Phi) is 8.55. The minimum absolute atomic E-state index is 0.119. The van der Waals surface area contributed by atoms with Crippen molar-refractivity contribution in [3.63, 3.8) is 0 Å². The molecule has 0 unspecified atom stereocenters. The van der Waals surface area contributed by atoms with E-state index in [0.29, 0.717) is 26.1 Å². The van der Waals surface area contributed by atoms with Crippen LogP contribution in [0.2, 0.25) is 0 Å². The number of esters is 1. The third kappa shape index (κ3) is 5.26. The number of sulfonamides is 1. The van der Waals surface area contributed by atoms with Crippen LogP contribution in [0.15, 0.2) is 28.5 Å². The van der Waals surface area contributed by atoms with E-state index in [-0.39, 0.29) is 9.77 Å². The van der Waals surface area contributed by atoms with Gasteiger partial charge in [0.2, 0.25) is 0 Å². The standard InChI is InChI=1S/C24H35N3O4S2/c1-6-26(7-2)19-12-10-18(11-13-19)16-25-15-14-20-21(17-25)32-24(22(20)23(28)31-5)33(29,30)27(8-3)9-4/h10-13H,6-9,14-17H2,1-5H3. The number of benzene rings is 1. The molecule has 2 aromatic rings. The summed E-state index contributed by atoms with van der Waals surface area (Å²) in [5.41, 5.74) is 3.49. The van der Waals surface area contributed by atoms with Gasteiger partial charge in [0.1, 0.15) is 4.21 Å². The van der Waals surface area contributed by atoms with Gasteiger partial charge in [-0.25, -0.2) is 13.2 Å². The van der Waals surface area contributed by atoms with Gasteiger partial charge in [-0.15, -0.1) is 11.3 Å². The number of hydrogen-bond acceptors (Lipinski definition) is 7. The van der Waals surface area contributed by atoms with Gasteiger partial charge < -0.3 is 9.64 Å². The van der Waals surface area contributed by atoms with Gasteiger partial charge >= 0.3 is 5.97 Å². The van der Waals surface area contributed by atoms with Crippen LogP contribution < -0.4 is 4.90 Å². The van der Waals surface area contributed by atoms with E-state index in [1.807, 2.05) is 0 Å². The smallest absolute Gasteiger partial charge is 0.340 e. The molecular weight excluding hydrogens is 458 g/mol. The number of rotatable bonds is 10. The van der Waals surface area contributed by atoms with Gasteiger partial charge in [-0.05, 0) is 43.5 Å². The Labute approximate surface area is 202 Å². The number of carbonyl (C=O) groups excluding carboxylic acids is 1. The largest absolute Gasteiger partial charge is 0.465 e. The number of nitrogens with zero attached hydrogens (tertiary/aromatic N) is 3. The molecule has 3 rings (SSSR count). The Bertz CT molecular complexity index is 1060. The van der Waals surface area contributed by atoms with E-state index in [2.05, 4.69) is 47.9 Å². The fourth-order valence-electron chi connectivity index (χ4n) is 4.40. The van der Waals surface area contributed by atoms with Gasteiger partial charge in [0, 0.05) is 56.4 Å². The van der Waals surface area contributed by atoms with E-state index in [1.165, 1.54) is 34.0 Å². The first-order valence-electron chi connectivity index (χ1n) is 11.6. The van der Waals surface area contributed by atoms with E-state index < -0.39 is 16.0 Å². The molecule has 0 radical (unpaired) electrons. The van der Waals surface area contributed by atoms with Crippen molar-refractivity contribution in [2.45, 2.75) is 51.4 Å². The van der Waals surface area contributed by atoms with Crippen LogP contribution in [0.1, 0.15) is 54.1 Å². The SMILES string of the molecule is CCN(CC)c1ccc(CN2CCc3c(sc(S(=O)(=O)N(CC)CC)c3C(=O)OC)C2)cc1. The highest BCUT2D eigenvalue weighted by Crippen LogP contribution is 2.38. The summed E-state index contributed by atoms with van der Waals surface area (Å²) in [7, 11) is -2.44. The first-order valence-corrected chi connectivity index (χ1v) is 13.8. The van der Waals surface area contributed by atoms with Gasteiger partial charge in [-0.2, -0.15) is 4.31 Å². The van der Waals surface area contributed by atoms with E-state index in [4.69, 9.17) is 4.74 Å². The molecular formula is C24H35N3O4S2. The molecule has 1 aliphatic rings. The van der Waals surface area contributed by atoms with Crippen LogP contribution >= 0.6 is 11.3 Å². The highest BCUT2D eigenvalue weighted by molar-refractivity contribution is 7.91. The summed E-state index contributed by atoms with van der Waals surface area (Å²) in [6.45, 7) is 12.7. The quantitative estimate of drug-likeness (QED) is 0.467. The summed E-state index contributed by atoms with van der Waals surface area (Å²) in [6.07, 6.45) is 0.627. The van der Waals surface area contributed by atoms with Crippen molar-refractivity contribution >= 4 is 33.0 Å². The Morgan fingerprint density at radius 2 is 1.70 bits per heavy atom. The van der Waals surface area contributed by atoms with Crippen molar-refractivity contribution in [1.29, 1.82) is 0 Å². The zero-order valence-electron chi connectivity index (χ0n) is 20.3. The van der Waals surface area contributed by atoms with Crippen LogP contribution in [0.5, 0.6) is 0 Å². The van der Waals surface area contributed by atoms with E-state index in [1.54, 1.807) is 13.8 Å². The molecule has 0 saturated carbocycles. The minimum atomic E-state index is -3.75. The van der Waals surface area contributed by atoms with Crippen molar-refractivity contribution in [3.8, 4) is 0 Å². The van der Waals surface area contributed by atoms with Crippen LogP contribution in [-0.2, 0) is 34.3 Å². The molecule has 0 atom stereocenters. The Hall–Kier alpha value is -1.94. The molecule has 0 saturated heterocycles. The van der Waals surface area contributed by atoms with Gasteiger partial charge in [-0.1, -0.05) is 26.0 Å². The maximum Gasteiger partial charge on any atom is 0.340 e. The zero-order valence-corrected chi connectivity index (χ0v) is 21.9. The highest BCUT2D eigenvalue weighted by atomic mass is 32.2. The predicted molar refractivity (Wildman–Crippen MR) is 134 cm³/mol. The topological polar surface area (TPSA) is 70.2 Å².